The Bertz CT molecular complexity index is 580. The quantitative estimate of drug-likeness (QED) is 0.870. The van der Waals surface area contributed by atoms with Crippen LogP contribution in [0.15, 0.2) is 24.4 Å². The number of piperidine rings is 1. The summed E-state index contributed by atoms with van der Waals surface area (Å²) >= 11 is 0. The lowest BCUT2D eigenvalue weighted by molar-refractivity contribution is 0.105. The van der Waals surface area contributed by atoms with Crippen LogP contribution in [0.5, 0.6) is 0 Å². The van der Waals surface area contributed by atoms with E-state index in [2.05, 4.69) is 55.1 Å². The number of rotatable bonds is 3. The number of hydrogen-bond acceptors (Lipinski definition) is 1. The molecule has 1 aromatic carbocycles. The van der Waals surface area contributed by atoms with Crippen molar-refractivity contribution < 1.29 is 0 Å². The van der Waals surface area contributed by atoms with Gasteiger partial charge in [0.05, 0.1) is 0 Å². The molecule has 0 spiro atoms. The molecule has 116 valence electrons. The van der Waals surface area contributed by atoms with E-state index in [1.54, 1.807) is 0 Å². The van der Waals surface area contributed by atoms with Gasteiger partial charge in [-0.15, -0.1) is 12.4 Å². The second-order valence-electron chi connectivity index (χ2n) is 6.48. The van der Waals surface area contributed by atoms with Gasteiger partial charge in [-0.25, -0.2) is 0 Å². The first-order valence-corrected chi connectivity index (χ1v) is 7.97. The zero-order valence-corrected chi connectivity index (χ0v) is 14.2. The van der Waals surface area contributed by atoms with Crippen molar-refractivity contribution in [3.63, 3.8) is 0 Å². The fraction of sp³-hybridized carbons (Fsp3) is 0.556. The molecule has 0 saturated carbocycles. The maximum Gasteiger partial charge on any atom is 0.0456 e. The average Bonchev–Trinajstić information content (AvgIpc) is 2.81. The normalized spacial score (nSPS) is 23.2. The number of nitrogens with one attached hydrogen (secondary N) is 1. The first kappa shape index (κ1) is 16.4. The lowest BCUT2D eigenvalue weighted by atomic mass is 9.96. The molecule has 0 unspecified atom stereocenters. The Labute approximate surface area is 134 Å². The van der Waals surface area contributed by atoms with Gasteiger partial charge in [-0.2, -0.15) is 0 Å². The number of aryl methyl sites for hydroxylation is 1. The first-order valence-electron chi connectivity index (χ1n) is 7.97. The van der Waals surface area contributed by atoms with E-state index in [0.717, 1.165) is 18.5 Å². The molecule has 0 bridgehead atoms. The largest absolute Gasteiger partial charge is 0.361 e. The second kappa shape index (κ2) is 6.85. The van der Waals surface area contributed by atoms with Crippen LogP contribution in [-0.4, -0.2) is 28.5 Å². The minimum absolute atomic E-state index is 0. The molecule has 21 heavy (non-hydrogen) atoms. The van der Waals surface area contributed by atoms with Crippen molar-refractivity contribution in [2.24, 2.45) is 0 Å². The van der Waals surface area contributed by atoms with Crippen LogP contribution in [-0.2, 0) is 6.42 Å². The van der Waals surface area contributed by atoms with Crippen LogP contribution >= 0.6 is 12.4 Å². The fourth-order valence-corrected chi connectivity index (χ4v) is 3.66. The van der Waals surface area contributed by atoms with E-state index in [1.165, 1.54) is 47.8 Å². The number of H-pyrrole nitrogens is 1. The Morgan fingerprint density at radius 2 is 1.90 bits per heavy atom. The number of halogens is 1. The van der Waals surface area contributed by atoms with Gasteiger partial charge in [-0.05, 0) is 57.7 Å². The summed E-state index contributed by atoms with van der Waals surface area (Å²) in [4.78, 5) is 6.10. The van der Waals surface area contributed by atoms with Crippen molar-refractivity contribution in [1.29, 1.82) is 0 Å². The van der Waals surface area contributed by atoms with Crippen molar-refractivity contribution in [1.82, 2.24) is 9.88 Å². The second-order valence-corrected chi connectivity index (χ2v) is 6.48. The molecular formula is C18H27ClN2. The number of aromatic nitrogens is 1. The number of nitrogens with zero attached hydrogens (tertiary/aromatic N) is 1. The topological polar surface area (TPSA) is 19.0 Å². The van der Waals surface area contributed by atoms with Gasteiger partial charge in [0.1, 0.15) is 0 Å². The first-order chi connectivity index (χ1) is 9.65. The SMILES string of the molecule is Cc1ccc2[nH]cc(CCN3[C@H](C)CCC[C@@H]3C)c2c1.Cl. The van der Waals surface area contributed by atoms with E-state index in [-0.39, 0.29) is 12.4 Å². The molecule has 1 N–H and O–H groups in total. The third-order valence-electron chi connectivity index (χ3n) is 4.94. The summed E-state index contributed by atoms with van der Waals surface area (Å²) in [6.45, 7) is 8.12. The molecule has 1 saturated heterocycles. The summed E-state index contributed by atoms with van der Waals surface area (Å²) in [5.74, 6) is 0. The van der Waals surface area contributed by atoms with Crippen molar-refractivity contribution in [2.45, 2.75) is 58.5 Å². The molecule has 1 aliphatic rings. The van der Waals surface area contributed by atoms with Crippen molar-refractivity contribution in [2.75, 3.05) is 6.54 Å². The van der Waals surface area contributed by atoms with Gasteiger partial charge in [-0.1, -0.05) is 18.1 Å². The maximum absolute atomic E-state index is 3.41. The van der Waals surface area contributed by atoms with E-state index in [0.29, 0.717) is 0 Å². The monoisotopic (exact) mass is 306 g/mol. The van der Waals surface area contributed by atoms with Crippen LogP contribution in [0.1, 0.15) is 44.2 Å². The van der Waals surface area contributed by atoms with Crippen molar-refractivity contribution >= 4 is 23.3 Å². The molecule has 2 atom stereocenters. The van der Waals surface area contributed by atoms with Crippen LogP contribution in [0, 0.1) is 6.92 Å². The van der Waals surface area contributed by atoms with E-state index < -0.39 is 0 Å². The Morgan fingerprint density at radius 1 is 1.19 bits per heavy atom. The van der Waals surface area contributed by atoms with E-state index in [1.807, 2.05) is 0 Å². The zero-order valence-electron chi connectivity index (χ0n) is 13.4. The number of fused-ring (bicyclic) bond motifs is 1. The van der Waals surface area contributed by atoms with Crippen LogP contribution in [0.25, 0.3) is 10.9 Å². The molecule has 3 rings (SSSR count). The van der Waals surface area contributed by atoms with E-state index >= 15 is 0 Å². The maximum atomic E-state index is 3.41. The Balaban J connectivity index is 0.00000161. The highest BCUT2D eigenvalue weighted by Gasteiger charge is 2.24. The molecular weight excluding hydrogens is 280 g/mol. The number of likely N-dealkylation sites (tertiary alicyclic amines) is 1. The minimum Gasteiger partial charge on any atom is -0.361 e. The van der Waals surface area contributed by atoms with Gasteiger partial charge < -0.3 is 4.98 Å². The number of benzene rings is 1. The van der Waals surface area contributed by atoms with Crippen LogP contribution in [0.2, 0.25) is 0 Å². The Morgan fingerprint density at radius 3 is 2.62 bits per heavy atom. The average molecular weight is 307 g/mol. The van der Waals surface area contributed by atoms with Crippen LogP contribution in [0.3, 0.4) is 0 Å². The zero-order chi connectivity index (χ0) is 14.1. The van der Waals surface area contributed by atoms with Gasteiger partial charge in [0, 0.05) is 35.7 Å². The molecule has 1 aromatic heterocycles. The van der Waals surface area contributed by atoms with Gasteiger partial charge in [-0.3, -0.25) is 4.90 Å². The molecule has 0 radical (unpaired) electrons. The van der Waals surface area contributed by atoms with Crippen LogP contribution in [0.4, 0.5) is 0 Å². The summed E-state index contributed by atoms with van der Waals surface area (Å²) in [7, 11) is 0. The highest BCUT2D eigenvalue weighted by Crippen LogP contribution is 2.24. The highest BCUT2D eigenvalue weighted by molar-refractivity contribution is 5.85. The molecule has 1 fully saturated rings. The lowest BCUT2D eigenvalue weighted by Crippen LogP contribution is -2.44. The predicted molar refractivity (Wildman–Crippen MR) is 93.5 cm³/mol. The molecule has 1 aliphatic heterocycles. The summed E-state index contributed by atoms with van der Waals surface area (Å²) in [5.41, 5.74) is 4.08. The molecule has 0 amide bonds. The smallest absolute Gasteiger partial charge is 0.0456 e. The standard InChI is InChI=1S/C18H26N2.ClH/c1-13-7-8-18-17(11-13)16(12-19-18)9-10-20-14(2)5-4-6-15(20)3;/h7-8,11-12,14-15,19H,4-6,9-10H2,1-3H3;1H/t14-,15+;. The summed E-state index contributed by atoms with van der Waals surface area (Å²) in [6, 6.07) is 8.17. The Kier molecular flexibility index (Phi) is 5.34. The predicted octanol–water partition coefficient (Wildman–Crippen LogP) is 4.70. The summed E-state index contributed by atoms with van der Waals surface area (Å²) in [5, 5.41) is 1.40. The van der Waals surface area contributed by atoms with Gasteiger partial charge in [0.25, 0.3) is 0 Å². The van der Waals surface area contributed by atoms with Crippen LogP contribution < -0.4 is 0 Å². The highest BCUT2D eigenvalue weighted by atomic mass is 35.5. The molecule has 2 nitrogen and oxygen atoms in total. The fourth-order valence-electron chi connectivity index (χ4n) is 3.66. The van der Waals surface area contributed by atoms with E-state index in [4.69, 9.17) is 0 Å². The third kappa shape index (κ3) is 3.44. The summed E-state index contributed by atoms with van der Waals surface area (Å²) < 4.78 is 0. The van der Waals surface area contributed by atoms with Crippen molar-refractivity contribution in [3.8, 4) is 0 Å². The third-order valence-corrected chi connectivity index (χ3v) is 4.94. The molecule has 2 heterocycles. The van der Waals surface area contributed by atoms with Gasteiger partial charge in [0.2, 0.25) is 0 Å². The Hall–Kier alpha value is -0.990. The van der Waals surface area contributed by atoms with Gasteiger partial charge in [0.15, 0.2) is 0 Å². The lowest BCUT2D eigenvalue weighted by Gasteiger charge is -2.39. The summed E-state index contributed by atoms with van der Waals surface area (Å²) in [6.07, 6.45) is 7.46. The molecule has 2 aromatic rings. The number of aromatic amines is 1. The minimum atomic E-state index is 0. The van der Waals surface area contributed by atoms with Crippen molar-refractivity contribution in [3.05, 3.63) is 35.5 Å². The number of hydrogen-bond donors (Lipinski definition) is 1. The molecule has 0 aliphatic carbocycles. The van der Waals surface area contributed by atoms with Gasteiger partial charge >= 0.3 is 0 Å². The molecule has 3 heteroatoms. The van der Waals surface area contributed by atoms with E-state index in [9.17, 15) is 0 Å².